The molecule has 0 amide bonds. The van der Waals surface area contributed by atoms with Crippen molar-refractivity contribution < 1.29 is 4.74 Å². The first kappa shape index (κ1) is 15.5. The maximum absolute atomic E-state index is 5.73. The van der Waals surface area contributed by atoms with Gasteiger partial charge >= 0.3 is 0 Å². The first-order valence-corrected chi connectivity index (χ1v) is 8.83. The lowest BCUT2D eigenvalue weighted by Crippen LogP contribution is -2.46. The van der Waals surface area contributed by atoms with Crippen molar-refractivity contribution in [3.05, 3.63) is 60.2 Å². The van der Waals surface area contributed by atoms with Gasteiger partial charge in [-0.2, -0.15) is 5.10 Å². The molecular formula is C19H24N4O. The molecule has 2 aliphatic rings. The Hall–Kier alpha value is -1.98. The van der Waals surface area contributed by atoms with Gasteiger partial charge in [-0.25, -0.2) is 9.67 Å². The van der Waals surface area contributed by atoms with Crippen LogP contribution < -0.4 is 0 Å². The second kappa shape index (κ2) is 7.28. The van der Waals surface area contributed by atoms with Crippen molar-refractivity contribution in [2.24, 2.45) is 0 Å². The van der Waals surface area contributed by atoms with Gasteiger partial charge in [-0.3, -0.25) is 4.90 Å². The van der Waals surface area contributed by atoms with Crippen LogP contribution in [0.5, 0.6) is 0 Å². The lowest BCUT2D eigenvalue weighted by Gasteiger charge is -2.39. The van der Waals surface area contributed by atoms with Gasteiger partial charge in [0.05, 0.1) is 25.8 Å². The van der Waals surface area contributed by atoms with Crippen LogP contribution in [0, 0.1) is 0 Å². The number of ether oxygens (including phenoxy) is 1. The molecule has 1 fully saturated rings. The summed E-state index contributed by atoms with van der Waals surface area (Å²) in [7, 11) is 0. The highest BCUT2D eigenvalue weighted by Gasteiger charge is 2.32. The zero-order valence-corrected chi connectivity index (χ0v) is 13.9. The van der Waals surface area contributed by atoms with Crippen molar-refractivity contribution in [2.45, 2.75) is 37.9 Å². The van der Waals surface area contributed by atoms with E-state index in [0.717, 1.165) is 25.5 Å². The topological polar surface area (TPSA) is 43.2 Å². The van der Waals surface area contributed by atoms with Gasteiger partial charge in [0, 0.05) is 12.6 Å². The van der Waals surface area contributed by atoms with Crippen LogP contribution in [0.1, 0.15) is 36.7 Å². The SMILES string of the molecule is C1=C[C@H](N2CCOC[C@@H]2c2ncn(Cc3ccccc3)n2)CCC1. The summed E-state index contributed by atoms with van der Waals surface area (Å²) in [6, 6.07) is 11.0. The summed E-state index contributed by atoms with van der Waals surface area (Å²) in [6.07, 6.45) is 10.2. The van der Waals surface area contributed by atoms with Gasteiger partial charge in [-0.15, -0.1) is 0 Å². The third-order valence-electron chi connectivity index (χ3n) is 4.86. The summed E-state index contributed by atoms with van der Waals surface area (Å²) in [6.45, 7) is 3.18. The highest BCUT2D eigenvalue weighted by molar-refractivity contribution is 5.14. The normalized spacial score (nSPS) is 25.0. The highest BCUT2D eigenvalue weighted by Crippen LogP contribution is 2.28. The van der Waals surface area contributed by atoms with E-state index in [1.807, 2.05) is 17.1 Å². The van der Waals surface area contributed by atoms with Crippen LogP contribution in [0.15, 0.2) is 48.8 Å². The highest BCUT2D eigenvalue weighted by atomic mass is 16.5. The number of aromatic nitrogens is 3. The van der Waals surface area contributed by atoms with E-state index in [0.29, 0.717) is 12.6 Å². The van der Waals surface area contributed by atoms with Crippen LogP contribution >= 0.6 is 0 Å². The molecule has 126 valence electrons. The predicted molar refractivity (Wildman–Crippen MR) is 92.6 cm³/mol. The van der Waals surface area contributed by atoms with Gasteiger partial charge in [-0.05, 0) is 24.8 Å². The first-order valence-electron chi connectivity index (χ1n) is 8.83. The summed E-state index contributed by atoms with van der Waals surface area (Å²) >= 11 is 0. The van der Waals surface area contributed by atoms with Crippen LogP contribution in [0.4, 0.5) is 0 Å². The number of allylic oxidation sites excluding steroid dienone is 1. The molecular weight excluding hydrogens is 300 g/mol. The van der Waals surface area contributed by atoms with E-state index in [2.05, 4.69) is 46.3 Å². The molecule has 5 heteroatoms. The molecule has 2 heterocycles. The van der Waals surface area contributed by atoms with Gasteiger partial charge in [0.15, 0.2) is 5.82 Å². The van der Waals surface area contributed by atoms with E-state index in [9.17, 15) is 0 Å². The minimum atomic E-state index is 0.156. The Balaban J connectivity index is 1.51. The molecule has 24 heavy (non-hydrogen) atoms. The molecule has 0 saturated carbocycles. The Morgan fingerprint density at radius 3 is 2.96 bits per heavy atom. The first-order chi connectivity index (χ1) is 11.9. The largest absolute Gasteiger partial charge is 0.378 e. The molecule has 1 aromatic carbocycles. The fourth-order valence-electron chi connectivity index (χ4n) is 3.62. The summed E-state index contributed by atoms with van der Waals surface area (Å²) in [4.78, 5) is 7.10. The Kier molecular flexibility index (Phi) is 4.71. The van der Waals surface area contributed by atoms with Gasteiger partial charge < -0.3 is 4.74 Å². The van der Waals surface area contributed by atoms with Crippen molar-refractivity contribution in [1.82, 2.24) is 19.7 Å². The molecule has 0 unspecified atom stereocenters. The van der Waals surface area contributed by atoms with Crippen LogP contribution in [0.25, 0.3) is 0 Å². The number of hydrogen-bond acceptors (Lipinski definition) is 4. The summed E-state index contributed by atoms with van der Waals surface area (Å²) in [5, 5.41) is 4.73. The van der Waals surface area contributed by atoms with Gasteiger partial charge in [0.1, 0.15) is 6.33 Å². The van der Waals surface area contributed by atoms with Crippen molar-refractivity contribution in [1.29, 1.82) is 0 Å². The lowest BCUT2D eigenvalue weighted by molar-refractivity contribution is -0.0268. The molecule has 1 aromatic heterocycles. The molecule has 1 aliphatic carbocycles. The van der Waals surface area contributed by atoms with Gasteiger partial charge in [0.2, 0.25) is 0 Å². The minimum absolute atomic E-state index is 0.156. The molecule has 4 rings (SSSR count). The van der Waals surface area contributed by atoms with Crippen molar-refractivity contribution in [2.75, 3.05) is 19.8 Å². The number of nitrogens with zero attached hydrogens (tertiary/aromatic N) is 4. The molecule has 2 aromatic rings. The zero-order chi connectivity index (χ0) is 16.2. The van der Waals surface area contributed by atoms with E-state index in [1.54, 1.807) is 0 Å². The van der Waals surface area contributed by atoms with Crippen LogP contribution in [-0.2, 0) is 11.3 Å². The number of rotatable bonds is 4. The van der Waals surface area contributed by atoms with E-state index in [1.165, 1.54) is 24.8 Å². The lowest BCUT2D eigenvalue weighted by atomic mass is 9.99. The van der Waals surface area contributed by atoms with Crippen molar-refractivity contribution in [3.8, 4) is 0 Å². The molecule has 0 radical (unpaired) electrons. The van der Waals surface area contributed by atoms with Crippen LogP contribution in [0.3, 0.4) is 0 Å². The maximum atomic E-state index is 5.73. The van der Waals surface area contributed by atoms with Gasteiger partial charge in [-0.1, -0.05) is 42.5 Å². The zero-order valence-electron chi connectivity index (χ0n) is 13.9. The third-order valence-corrected chi connectivity index (χ3v) is 4.86. The second-order valence-corrected chi connectivity index (χ2v) is 6.54. The average molecular weight is 324 g/mol. The number of benzene rings is 1. The molecule has 2 atom stereocenters. The van der Waals surface area contributed by atoms with Crippen LogP contribution in [0.2, 0.25) is 0 Å². The monoisotopic (exact) mass is 324 g/mol. The molecule has 5 nitrogen and oxygen atoms in total. The standard InChI is InChI=1S/C19H24N4O/c1-3-7-16(8-4-1)13-22-15-20-19(21-22)18-14-24-12-11-23(18)17-9-5-2-6-10-17/h1,3-5,7-9,15,17-18H,2,6,10-14H2/t17-,18+/m0/s1. The average Bonchev–Trinajstić information content (AvgIpc) is 3.12. The minimum Gasteiger partial charge on any atom is -0.378 e. The molecule has 0 N–H and O–H groups in total. The molecule has 1 saturated heterocycles. The number of morpholine rings is 1. The fourth-order valence-corrected chi connectivity index (χ4v) is 3.62. The maximum Gasteiger partial charge on any atom is 0.170 e. The Morgan fingerprint density at radius 2 is 2.12 bits per heavy atom. The van der Waals surface area contributed by atoms with Gasteiger partial charge in [0.25, 0.3) is 0 Å². The van der Waals surface area contributed by atoms with Crippen molar-refractivity contribution in [3.63, 3.8) is 0 Å². The number of hydrogen-bond donors (Lipinski definition) is 0. The smallest absolute Gasteiger partial charge is 0.170 e. The quantitative estimate of drug-likeness (QED) is 0.811. The van der Waals surface area contributed by atoms with E-state index < -0.39 is 0 Å². The summed E-state index contributed by atoms with van der Waals surface area (Å²) in [5.41, 5.74) is 1.24. The van der Waals surface area contributed by atoms with E-state index in [4.69, 9.17) is 9.84 Å². The third kappa shape index (κ3) is 3.42. The Labute approximate surface area is 143 Å². The predicted octanol–water partition coefficient (Wildman–Crippen LogP) is 2.81. The van der Waals surface area contributed by atoms with E-state index in [-0.39, 0.29) is 6.04 Å². The van der Waals surface area contributed by atoms with Crippen molar-refractivity contribution >= 4 is 0 Å². The van der Waals surface area contributed by atoms with Crippen LogP contribution in [-0.4, -0.2) is 45.5 Å². The molecule has 0 bridgehead atoms. The summed E-state index contributed by atoms with van der Waals surface area (Å²) < 4.78 is 7.65. The fraction of sp³-hybridized carbons (Fsp3) is 0.474. The molecule has 1 aliphatic heterocycles. The second-order valence-electron chi connectivity index (χ2n) is 6.54. The summed E-state index contributed by atoms with van der Waals surface area (Å²) in [5.74, 6) is 0.879. The Bertz CT molecular complexity index is 682. The Morgan fingerprint density at radius 1 is 1.21 bits per heavy atom. The van der Waals surface area contributed by atoms with E-state index >= 15 is 0 Å². The molecule has 0 spiro atoms.